The fourth-order valence-electron chi connectivity index (χ4n) is 2.10. The fraction of sp³-hybridized carbons (Fsp3) is 0.286. The van der Waals surface area contributed by atoms with Crippen LogP contribution < -0.4 is 4.74 Å². The van der Waals surface area contributed by atoms with Crippen molar-refractivity contribution in [2.24, 2.45) is 0 Å². The van der Waals surface area contributed by atoms with Crippen LogP contribution in [0.15, 0.2) is 18.3 Å². The zero-order valence-corrected chi connectivity index (χ0v) is 10.7. The van der Waals surface area contributed by atoms with Gasteiger partial charge in [-0.3, -0.25) is 0 Å². The van der Waals surface area contributed by atoms with Gasteiger partial charge in [-0.25, -0.2) is 4.98 Å². The van der Waals surface area contributed by atoms with E-state index in [0.717, 1.165) is 28.1 Å². The summed E-state index contributed by atoms with van der Waals surface area (Å²) in [5.41, 5.74) is 4.16. The van der Waals surface area contributed by atoms with E-state index in [1.165, 1.54) is 0 Å². The summed E-state index contributed by atoms with van der Waals surface area (Å²) in [6, 6.07) is 6.18. The Labute approximate surface area is 106 Å². The van der Waals surface area contributed by atoms with Gasteiger partial charge in [-0.2, -0.15) is 5.26 Å². The molecule has 2 aromatic rings. The van der Waals surface area contributed by atoms with E-state index in [2.05, 4.69) is 28.2 Å². The van der Waals surface area contributed by atoms with Crippen LogP contribution in [0, 0.1) is 25.2 Å². The van der Waals surface area contributed by atoms with E-state index in [1.54, 1.807) is 13.3 Å². The van der Waals surface area contributed by atoms with Crippen molar-refractivity contribution in [1.29, 1.82) is 5.26 Å². The summed E-state index contributed by atoms with van der Waals surface area (Å²) in [5, 5.41) is 8.63. The van der Waals surface area contributed by atoms with Gasteiger partial charge in [-0.05, 0) is 37.1 Å². The number of nitriles is 1. The minimum Gasteiger partial charge on any atom is -0.496 e. The van der Waals surface area contributed by atoms with Crippen LogP contribution in [-0.2, 0) is 6.42 Å². The van der Waals surface area contributed by atoms with E-state index in [-0.39, 0.29) is 0 Å². The second kappa shape index (κ2) is 4.92. The number of hydrogen-bond acceptors (Lipinski definition) is 3. The van der Waals surface area contributed by atoms with E-state index >= 15 is 0 Å². The molecule has 0 radical (unpaired) electrons. The van der Waals surface area contributed by atoms with Crippen molar-refractivity contribution in [1.82, 2.24) is 9.97 Å². The number of rotatable bonds is 3. The van der Waals surface area contributed by atoms with Gasteiger partial charge in [0.1, 0.15) is 11.6 Å². The van der Waals surface area contributed by atoms with Gasteiger partial charge in [0.05, 0.1) is 31.5 Å². The minimum atomic E-state index is 0.300. The van der Waals surface area contributed by atoms with Gasteiger partial charge in [-0.15, -0.1) is 0 Å². The van der Waals surface area contributed by atoms with Gasteiger partial charge >= 0.3 is 0 Å². The van der Waals surface area contributed by atoms with Crippen LogP contribution in [-0.4, -0.2) is 17.1 Å². The number of aromatic amines is 1. The third-order valence-electron chi connectivity index (χ3n) is 2.85. The number of nitrogens with one attached hydrogen (secondary N) is 1. The summed E-state index contributed by atoms with van der Waals surface area (Å²) in [6.07, 6.45) is 2.06. The quantitative estimate of drug-likeness (QED) is 0.898. The highest BCUT2D eigenvalue weighted by Crippen LogP contribution is 2.29. The zero-order valence-electron chi connectivity index (χ0n) is 10.7. The molecule has 1 N–H and O–H groups in total. The largest absolute Gasteiger partial charge is 0.496 e. The Bertz CT molecular complexity index is 585. The maximum Gasteiger partial charge on any atom is 0.124 e. The molecule has 0 amide bonds. The smallest absolute Gasteiger partial charge is 0.124 e. The number of aryl methyl sites for hydroxylation is 2. The molecule has 0 aliphatic heterocycles. The second-order valence-electron chi connectivity index (χ2n) is 4.22. The molecule has 2 rings (SSSR count). The Balaban J connectivity index is 2.42. The van der Waals surface area contributed by atoms with E-state index in [0.29, 0.717) is 12.2 Å². The molecule has 0 unspecified atom stereocenters. The van der Waals surface area contributed by atoms with Crippen molar-refractivity contribution in [2.75, 3.05) is 7.11 Å². The van der Waals surface area contributed by atoms with Crippen LogP contribution in [0.5, 0.6) is 5.75 Å². The minimum absolute atomic E-state index is 0.300. The first-order valence-electron chi connectivity index (χ1n) is 5.72. The summed E-state index contributed by atoms with van der Waals surface area (Å²) in [5.74, 6) is 1.61. The molecule has 0 spiro atoms. The Kier molecular flexibility index (Phi) is 3.33. The number of nitrogens with zero attached hydrogens (tertiary/aromatic N) is 2. The molecule has 1 aromatic carbocycles. The van der Waals surface area contributed by atoms with Gasteiger partial charge < -0.3 is 9.72 Å². The van der Waals surface area contributed by atoms with Crippen molar-refractivity contribution >= 4 is 0 Å². The average molecular weight is 241 g/mol. The lowest BCUT2D eigenvalue weighted by Gasteiger charge is -2.10. The van der Waals surface area contributed by atoms with Gasteiger partial charge in [0, 0.05) is 5.56 Å². The van der Waals surface area contributed by atoms with E-state index in [1.807, 2.05) is 13.8 Å². The molecule has 1 heterocycles. The third-order valence-corrected chi connectivity index (χ3v) is 2.85. The first kappa shape index (κ1) is 12.2. The molecule has 1 aromatic heterocycles. The van der Waals surface area contributed by atoms with E-state index in [4.69, 9.17) is 10.00 Å². The average Bonchev–Trinajstić information content (AvgIpc) is 2.78. The van der Waals surface area contributed by atoms with Crippen molar-refractivity contribution in [3.8, 4) is 23.1 Å². The Morgan fingerprint density at radius 1 is 1.33 bits per heavy atom. The highest BCUT2D eigenvalue weighted by molar-refractivity contribution is 5.63. The Morgan fingerprint density at radius 3 is 2.56 bits per heavy atom. The van der Waals surface area contributed by atoms with Crippen LogP contribution in [0.2, 0.25) is 0 Å². The zero-order chi connectivity index (χ0) is 13.1. The lowest BCUT2D eigenvalue weighted by Crippen LogP contribution is -1.92. The first-order chi connectivity index (χ1) is 8.65. The highest BCUT2D eigenvalue weighted by atomic mass is 16.5. The second-order valence-corrected chi connectivity index (χ2v) is 4.22. The molecule has 0 aliphatic rings. The molecule has 0 saturated heterocycles. The highest BCUT2D eigenvalue weighted by Gasteiger charge is 2.08. The third kappa shape index (κ3) is 2.21. The van der Waals surface area contributed by atoms with Gasteiger partial charge in [0.2, 0.25) is 0 Å². The van der Waals surface area contributed by atoms with Gasteiger partial charge in [0.15, 0.2) is 0 Å². The molecule has 0 bridgehead atoms. The normalized spacial score (nSPS) is 10.1. The van der Waals surface area contributed by atoms with Crippen LogP contribution in [0.3, 0.4) is 0 Å². The number of methoxy groups -OCH3 is 1. The summed E-state index contributed by atoms with van der Waals surface area (Å²) in [6.45, 7) is 4.03. The molecule has 4 heteroatoms. The summed E-state index contributed by atoms with van der Waals surface area (Å²) < 4.78 is 5.34. The molecule has 0 atom stereocenters. The number of ether oxygens (including phenoxy) is 1. The lowest BCUT2D eigenvalue weighted by atomic mass is 10.0. The Hall–Kier alpha value is -2.28. The van der Waals surface area contributed by atoms with Crippen molar-refractivity contribution in [3.63, 3.8) is 0 Å². The van der Waals surface area contributed by atoms with Crippen LogP contribution in [0.25, 0.3) is 11.3 Å². The molecular weight excluding hydrogens is 226 g/mol. The fourth-order valence-corrected chi connectivity index (χ4v) is 2.10. The number of benzene rings is 1. The maximum atomic E-state index is 8.63. The molecule has 4 nitrogen and oxygen atoms in total. The maximum absolute atomic E-state index is 8.63. The number of imidazole rings is 1. The van der Waals surface area contributed by atoms with Crippen LogP contribution >= 0.6 is 0 Å². The molecule has 0 aliphatic carbocycles. The molecular formula is C14H15N3O. The predicted molar refractivity (Wildman–Crippen MR) is 69.4 cm³/mol. The Morgan fingerprint density at radius 2 is 2.00 bits per heavy atom. The van der Waals surface area contributed by atoms with Crippen molar-refractivity contribution in [2.45, 2.75) is 20.3 Å². The number of hydrogen-bond donors (Lipinski definition) is 1. The number of aromatic nitrogens is 2. The van der Waals surface area contributed by atoms with Crippen molar-refractivity contribution in [3.05, 3.63) is 35.3 Å². The van der Waals surface area contributed by atoms with Gasteiger partial charge in [0.25, 0.3) is 0 Å². The topological polar surface area (TPSA) is 61.7 Å². The first-order valence-corrected chi connectivity index (χ1v) is 5.72. The lowest BCUT2D eigenvalue weighted by molar-refractivity contribution is 0.408. The summed E-state index contributed by atoms with van der Waals surface area (Å²) >= 11 is 0. The monoisotopic (exact) mass is 241 g/mol. The molecule has 18 heavy (non-hydrogen) atoms. The molecule has 0 saturated carbocycles. The van der Waals surface area contributed by atoms with E-state index in [9.17, 15) is 0 Å². The SMILES string of the molecule is COc1c(C)cc(-c2cnc(CC#N)[nH]2)cc1C. The summed E-state index contributed by atoms with van der Waals surface area (Å²) in [4.78, 5) is 7.32. The van der Waals surface area contributed by atoms with Gasteiger partial charge in [-0.1, -0.05) is 0 Å². The number of H-pyrrole nitrogens is 1. The van der Waals surface area contributed by atoms with E-state index < -0.39 is 0 Å². The van der Waals surface area contributed by atoms with Crippen molar-refractivity contribution < 1.29 is 4.74 Å². The predicted octanol–water partition coefficient (Wildman–Crippen LogP) is 2.77. The molecule has 0 fully saturated rings. The summed E-state index contributed by atoms with van der Waals surface area (Å²) in [7, 11) is 1.68. The molecule has 92 valence electrons. The van der Waals surface area contributed by atoms with Crippen LogP contribution in [0.4, 0.5) is 0 Å². The van der Waals surface area contributed by atoms with Crippen LogP contribution in [0.1, 0.15) is 17.0 Å². The standard InChI is InChI=1S/C14H15N3O/c1-9-6-11(7-10(2)14(9)18-3)12-8-16-13(17-12)4-5-15/h6-8H,4H2,1-3H3,(H,16,17).